The highest BCUT2D eigenvalue weighted by Gasteiger charge is 2.25. The van der Waals surface area contributed by atoms with Gasteiger partial charge in [0, 0.05) is 11.6 Å². The molecule has 0 bridgehead atoms. The highest BCUT2D eigenvalue weighted by molar-refractivity contribution is 5.28. The summed E-state index contributed by atoms with van der Waals surface area (Å²) in [5, 5.41) is 3.37. The summed E-state index contributed by atoms with van der Waals surface area (Å²) in [6.45, 7) is 4.52. The van der Waals surface area contributed by atoms with Crippen molar-refractivity contribution in [3.63, 3.8) is 0 Å². The highest BCUT2D eigenvalue weighted by Crippen LogP contribution is 2.35. The highest BCUT2D eigenvalue weighted by atomic mass is 19.2. The van der Waals surface area contributed by atoms with Crippen LogP contribution in [0, 0.1) is 24.5 Å². The fourth-order valence-electron chi connectivity index (χ4n) is 2.63. The van der Waals surface area contributed by atoms with Gasteiger partial charge in [0.25, 0.3) is 0 Å². The van der Waals surface area contributed by atoms with Gasteiger partial charge in [0.2, 0.25) is 0 Å². The Labute approximate surface area is 114 Å². The Kier molecular flexibility index (Phi) is 4.92. The molecule has 1 saturated carbocycles. The summed E-state index contributed by atoms with van der Waals surface area (Å²) in [5.41, 5.74) is 0.864. The van der Waals surface area contributed by atoms with Crippen molar-refractivity contribution >= 4 is 0 Å². The van der Waals surface area contributed by atoms with Crippen molar-refractivity contribution in [1.29, 1.82) is 0 Å². The summed E-state index contributed by atoms with van der Waals surface area (Å²) < 4.78 is 27.8. The third-order valence-electron chi connectivity index (χ3n) is 4.12. The van der Waals surface area contributed by atoms with E-state index in [2.05, 4.69) is 12.2 Å². The Balaban J connectivity index is 2.18. The molecule has 0 amide bonds. The van der Waals surface area contributed by atoms with Crippen molar-refractivity contribution in [3.8, 4) is 0 Å². The fraction of sp³-hybridized carbons (Fsp3) is 0.625. The molecular formula is C16H23F2N. The smallest absolute Gasteiger partial charge is 0.163 e. The SMILES string of the molecule is CCCNC(CC1CCC1)c1ccc(C)c(F)c1F. The molecule has 1 unspecified atom stereocenters. The van der Waals surface area contributed by atoms with E-state index < -0.39 is 11.6 Å². The Bertz CT molecular complexity index is 427. The molecule has 0 radical (unpaired) electrons. The minimum atomic E-state index is -0.700. The maximum absolute atomic E-state index is 14.1. The van der Waals surface area contributed by atoms with Crippen LogP contribution in [-0.2, 0) is 0 Å². The van der Waals surface area contributed by atoms with Gasteiger partial charge in [0.05, 0.1) is 0 Å². The van der Waals surface area contributed by atoms with Gasteiger partial charge >= 0.3 is 0 Å². The first-order valence-corrected chi connectivity index (χ1v) is 7.31. The van der Waals surface area contributed by atoms with Crippen LogP contribution in [0.4, 0.5) is 8.78 Å². The molecule has 3 heteroatoms. The predicted molar refractivity (Wildman–Crippen MR) is 74.1 cm³/mol. The van der Waals surface area contributed by atoms with Gasteiger partial charge < -0.3 is 5.32 Å². The first-order valence-electron chi connectivity index (χ1n) is 7.31. The van der Waals surface area contributed by atoms with Crippen LogP contribution in [0.3, 0.4) is 0 Å². The van der Waals surface area contributed by atoms with E-state index in [9.17, 15) is 8.78 Å². The number of benzene rings is 1. The number of hydrogen-bond acceptors (Lipinski definition) is 1. The zero-order chi connectivity index (χ0) is 13.8. The molecule has 1 atom stereocenters. The third kappa shape index (κ3) is 3.33. The summed E-state index contributed by atoms with van der Waals surface area (Å²) in [6, 6.07) is 3.36. The van der Waals surface area contributed by atoms with Crippen LogP contribution in [0.5, 0.6) is 0 Å². The van der Waals surface area contributed by atoms with Crippen LogP contribution in [0.1, 0.15) is 56.2 Å². The first-order chi connectivity index (χ1) is 9.13. The van der Waals surface area contributed by atoms with Gasteiger partial charge in [-0.05, 0) is 37.8 Å². The van der Waals surface area contributed by atoms with Crippen LogP contribution in [-0.4, -0.2) is 6.54 Å². The van der Waals surface area contributed by atoms with Crippen LogP contribution in [0.25, 0.3) is 0 Å². The molecule has 2 rings (SSSR count). The van der Waals surface area contributed by atoms with Gasteiger partial charge in [0.1, 0.15) is 0 Å². The molecule has 1 aromatic carbocycles. The molecule has 0 saturated heterocycles. The Morgan fingerprint density at radius 1 is 1.26 bits per heavy atom. The van der Waals surface area contributed by atoms with Gasteiger partial charge in [-0.15, -0.1) is 0 Å². The lowest BCUT2D eigenvalue weighted by atomic mass is 9.79. The number of nitrogens with one attached hydrogen (secondary N) is 1. The topological polar surface area (TPSA) is 12.0 Å². The van der Waals surface area contributed by atoms with E-state index in [0.29, 0.717) is 17.0 Å². The Hall–Kier alpha value is -0.960. The quantitative estimate of drug-likeness (QED) is 0.800. The lowest BCUT2D eigenvalue weighted by Gasteiger charge is -2.30. The molecule has 0 heterocycles. The normalized spacial score (nSPS) is 17.3. The largest absolute Gasteiger partial charge is 0.310 e. The minimum Gasteiger partial charge on any atom is -0.310 e. The molecule has 0 aliphatic heterocycles. The van der Waals surface area contributed by atoms with Gasteiger partial charge in [-0.1, -0.05) is 38.3 Å². The van der Waals surface area contributed by atoms with Crippen molar-refractivity contribution < 1.29 is 8.78 Å². The molecule has 1 N–H and O–H groups in total. The van der Waals surface area contributed by atoms with Crippen LogP contribution in [0.2, 0.25) is 0 Å². The lowest BCUT2D eigenvalue weighted by molar-refractivity contribution is 0.258. The summed E-state index contributed by atoms with van der Waals surface area (Å²) >= 11 is 0. The number of halogens is 2. The van der Waals surface area contributed by atoms with Crippen molar-refractivity contribution in [2.45, 2.75) is 52.0 Å². The third-order valence-corrected chi connectivity index (χ3v) is 4.12. The number of aryl methyl sites for hydroxylation is 1. The molecule has 1 nitrogen and oxygen atoms in total. The molecule has 19 heavy (non-hydrogen) atoms. The van der Waals surface area contributed by atoms with E-state index in [1.807, 2.05) is 0 Å². The summed E-state index contributed by atoms with van der Waals surface area (Å²) in [7, 11) is 0. The van der Waals surface area contributed by atoms with Crippen molar-refractivity contribution in [2.75, 3.05) is 6.54 Å². The van der Waals surface area contributed by atoms with Crippen molar-refractivity contribution in [2.24, 2.45) is 5.92 Å². The molecule has 0 aromatic heterocycles. The average molecular weight is 267 g/mol. The van der Waals surface area contributed by atoms with Crippen LogP contribution >= 0.6 is 0 Å². The standard InChI is InChI=1S/C16H23F2N/c1-3-9-19-14(10-12-5-4-6-12)13-8-7-11(2)15(17)16(13)18/h7-8,12,14,19H,3-6,9-10H2,1-2H3. The summed E-state index contributed by atoms with van der Waals surface area (Å²) in [5.74, 6) is -0.708. The predicted octanol–water partition coefficient (Wildman–Crippen LogP) is 4.50. The molecule has 1 aromatic rings. The molecule has 1 aliphatic carbocycles. The van der Waals surface area contributed by atoms with Gasteiger partial charge in [0.15, 0.2) is 11.6 Å². The molecule has 106 valence electrons. The molecule has 0 spiro atoms. The minimum absolute atomic E-state index is 0.0552. The second-order valence-electron chi connectivity index (χ2n) is 5.64. The van der Waals surface area contributed by atoms with E-state index >= 15 is 0 Å². The molecule has 1 aliphatic rings. The van der Waals surface area contributed by atoms with Crippen molar-refractivity contribution in [3.05, 3.63) is 34.9 Å². The monoisotopic (exact) mass is 267 g/mol. The lowest BCUT2D eigenvalue weighted by Crippen LogP contribution is -2.27. The van der Waals surface area contributed by atoms with E-state index in [1.165, 1.54) is 19.3 Å². The number of hydrogen-bond donors (Lipinski definition) is 1. The van der Waals surface area contributed by atoms with E-state index in [-0.39, 0.29) is 6.04 Å². The maximum Gasteiger partial charge on any atom is 0.163 e. The molecular weight excluding hydrogens is 244 g/mol. The van der Waals surface area contributed by atoms with Gasteiger partial charge in [-0.2, -0.15) is 0 Å². The summed E-state index contributed by atoms with van der Waals surface area (Å²) in [6.07, 6.45) is 5.63. The maximum atomic E-state index is 14.1. The van der Waals surface area contributed by atoms with Crippen LogP contribution < -0.4 is 5.32 Å². The zero-order valence-electron chi connectivity index (χ0n) is 11.8. The molecule has 1 fully saturated rings. The Morgan fingerprint density at radius 3 is 2.58 bits per heavy atom. The van der Waals surface area contributed by atoms with E-state index in [4.69, 9.17) is 0 Å². The number of rotatable bonds is 6. The van der Waals surface area contributed by atoms with Gasteiger partial charge in [-0.25, -0.2) is 8.78 Å². The Morgan fingerprint density at radius 2 is 2.00 bits per heavy atom. The van der Waals surface area contributed by atoms with E-state index in [1.54, 1.807) is 19.1 Å². The average Bonchev–Trinajstić information content (AvgIpc) is 2.35. The van der Waals surface area contributed by atoms with E-state index in [0.717, 1.165) is 19.4 Å². The van der Waals surface area contributed by atoms with Crippen molar-refractivity contribution in [1.82, 2.24) is 5.32 Å². The van der Waals surface area contributed by atoms with Gasteiger partial charge in [-0.3, -0.25) is 0 Å². The summed E-state index contributed by atoms with van der Waals surface area (Å²) in [4.78, 5) is 0. The fourth-order valence-corrected chi connectivity index (χ4v) is 2.63. The first kappa shape index (κ1) is 14.4. The second kappa shape index (κ2) is 6.47. The zero-order valence-corrected chi connectivity index (χ0v) is 11.8. The van der Waals surface area contributed by atoms with Crippen LogP contribution in [0.15, 0.2) is 12.1 Å². The second-order valence-corrected chi connectivity index (χ2v) is 5.64.